The van der Waals surface area contributed by atoms with Crippen LogP contribution in [-0.4, -0.2) is 19.3 Å². The Labute approximate surface area is 119 Å². The summed E-state index contributed by atoms with van der Waals surface area (Å²) in [5, 5.41) is 10.9. The van der Waals surface area contributed by atoms with Gasteiger partial charge in [-0.2, -0.15) is 0 Å². The highest BCUT2D eigenvalue weighted by Crippen LogP contribution is 2.39. The second kappa shape index (κ2) is 6.49. The molecule has 0 amide bonds. The van der Waals surface area contributed by atoms with Crippen molar-refractivity contribution < 1.29 is 14.6 Å². The molecular formula is C15H21ClO3. The molecule has 1 fully saturated rings. The van der Waals surface area contributed by atoms with Crippen LogP contribution in [0.25, 0.3) is 0 Å². The summed E-state index contributed by atoms with van der Waals surface area (Å²) in [5.74, 6) is 1.80. The zero-order valence-electron chi connectivity index (χ0n) is 11.5. The van der Waals surface area contributed by atoms with Crippen molar-refractivity contribution >= 4 is 11.6 Å². The van der Waals surface area contributed by atoms with Crippen molar-refractivity contribution in [2.24, 2.45) is 5.92 Å². The Morgan fingerprint density at radius 2 is 1.79 bits per heavy atom. The lowest BCUT2D eigenvalue weighted by atomic mass is 9.95. The molecule has 106 valence electrons. The summed E-state index contributed by atoms with van der Waals surface area (Å²) in [6.07, 6.45) is 5.21. The Balaban J connectivity index is 2.17. The molecular weight excluding hydrogens is 264 g/mol. The first-order valence-electron chi connectivity index (χ1n) is 6.75. The normalized spacial score (nSPS) is 17.5. The molecule has 3 nitrogen and oxygen atoms in total. The zero-order chi connectivity index (χ0) is 13.8. The predicted molar refractivity (Wildman–Crippen MR) is 76.1 cm³/mol. The Kier molecular flexibility index (Phi) is 4.94. The van der Waals surface area contributed by atoms with Gasteiger partial charge >= 0.3 is 0 Å². The van der Waals surface area contributed by atoms with Crippen molar-refractivity contribution in [2.45, 2.75) is 38.2 Å². The molecule has 4 heteroatoms. The SMILES string of the molecule is COc1cc(Cl)c(C(O)CC2CCCC2)cc1OC. The van der Waals surface area contributed by atoms with E-state index < -0.39 is 6.10 Å². The largest absolute Gasteiger partial charge is 0.493 e. The molecule has 19 heavy (non-hydrogen) atoms. The van der Waals surface area contributed by atoms with Gasteiger partial charge in [0, 0.05) is 11.6 Å². The van der Waals surface area contributed by atoms with Crippen LogP contribution in [-0.2, 0) is 0 Å². The maximum atomic E-state index is 10.4. The average molecular weight is 285 g/mol. The van der Waals surface area contributed by atoms with E-state index in [4.69, 9.17) is 21.1 Å². The van der Waals surface area contributed by atoms with Crippen LogP contribution in [0.3, 0.4) is 0 Å². The highest BCUT2D eigenvalue weighted by molar-refractivity contribution is 6.31. The first kappa shape index (κ1) is 14.5. The molecule has 0 spiro atoms. The molecule has 1 unspecified atom stereocenters. The molecule has 0 heterocycles. The second-order valence-corrected chi connectivity index (χ2v) is 5.54. The van der Waals surface area contributed by atoms with E-state index in [1.165, 1.54) is 25.7 Å². The van der Waals surface area contributed by atoms with E-state index in [-0.39, 0.29) is 0 Å². The van der Waals surface area contributed by atoms with Crippen LogP contribution >= 0.6 is 11.6 Å². The van der Waals surface area contributed by atoms with Gasteiger partial charge in [0.2, 0.25) is 0 Å². The number of benzene rings is 1. The van der Waals surface area contributed by atoms with Gasteiger partial charge in [0.15, 0.2) is 11.5 Å². The van der Waals surface area contributed by atoms with Gasteiger partial charge in [-0.15, -0.1) is 0 Å². The molecule has 0 radical (unpaired) electrons. The van der Waals surface area contributed by atoms with E-state index in [0.717, 1.165) is 12.0 Å². The van der Waals surface area contributed by atoms with Gasteiger partial charge in [-0.05, 0) is 18.4 Å². The van der Waals surface area contributed by atoms with Crippen LogP contribution in [0.5, 0.6) is 11.5 Å². The third kappa shape index (κ3) is 3.34. The van der Waals surface area contributed by atoms with E-state index in [1.54, 1.807) is 26.4 Å². The van der Waals surface area contributed by atoms with Crippen molar-refractivity contribution in [3.63, 3.8) is 0 Å². The van der Waals surface area contributed by atoms with Crippen molar-refractivity contribution in [3.8, 4) is 11.5 Å². The second-order valence-electron chi connectivity index (χ2n) is 5.13. The predicted octanol–water partition coefficient (Wildman–Crippen LogP) is 3.97. The topological polar surface area (TPSA) is 38.7 Å². The van der Waals surface area contributed by atoms with Crippen molar-refractivity contribution in [1.29, 1.82) is 0 Å². The summed E-state index contributed by atoms with van der Waals surface area (Å²) in [4.78, 5) is 0. The molecule has 1 aliphatic rings. The number of aliphatic hydroxyl groups excluding tert-OH is 1. The van der Waals surface area contributed by atoms with Crippen molar-refractivity contribution in [3.05, 3.63) is 22.7 Å². The Bertz CT molecular complexity index is 428. The van der Waals surface area contributed by atoms with Crippen LogP contribution in [0.2, 0.25) is 5.02 Å². The van der Waals surface area contributed by atoms with E-state index >= 15 is 0 Å². The fourth-order valence-corrected chi connectivity index (χ4v) is 3.09. The lowest BCUT2D eigenvalue weighted by Gasteiger charge is -2.18. The minimum atomic E-state index is -0.532. The van der Waals surface area contributed by atoms with Crippen molar-refractivity contribution in [2.75, 3.05) is 14.2 Å². The van der Waals surface area contributed by atoms with Crippen molar-refractivity contribution in [1.82, 2.24) is 0 Å². The maximum Gasteiger partial charge on any atom is 0.162 e. The quantitative estimate of drug-likeness (QED) is 0.889. The first-order valence-corrected chi connectivity index (χ1v) is 7.13. The van der Waals surface area contributed by atoms with Gasteiger partial charge in [0.1, 0.15) is 0 Å². The average Bonchev–Trinajstić information content (AvgIpc) is 2.90. The molecule has 1 saturated carbocycles. The minimum Gasteiger partial charge on any atom is -0.493 e. The summed E-state index contributed by atoms with van der Waals surface area (Å²) in [7, 11) is 3.15. The van der Waals surface area contributed by atoms with Crippen LogP contribution in [0, 0.1) is 5.92 Å². The van der Waals surface area contributed by atoms with Crippen LogP contribution in [0.15, 0.2) is 12.1 Å². The molecule has 1 N–H and O–H groups in total. The number of hydrogen-bond acceptors (Lipinski definition) is 3. The fraction of sp³-hybridized carbons (Fsp3) is 0.600. The minimum absolute atomic E-state index is 0.531. The standard InChI is InChI=1S/C15H21ClO3/c1-18-14-8-11(12(16)9-15(14)19-2)13(17)7-10-5-3-4-6-10/h8-10,13,17H,3-7H2,1-2H3. The number of hydrogen-bond donors (Lipinski definition) is 1. The van der Waals surface area contributed by atoms with Gasteiger partial charge in [0.05, 0.1) is 25.3 Å². The molecule has 0 aromatic heterocycles. The molecule has 1 aromatic rings. The molecule has 0 saturated heterocycles. The van der Waals surface area contributed by atoms with Crippen LogP contribution < -0.4 is 9.47 Å². The maximum absolute atomic E-state index is 10.4. The summed E-state index contributed by atoms with van der Waals surface area (Å²) < 4.78 is 10.5. The number of methoxy groups -OCH3 is 2. The van der Waals surface area contributed by atoms with Crippen LogP contribution in [0.1, 0.15) is 43.8 Å². The summed E-state index contributed by atoms with van der Waals surface area (Å²) >= 11 is 6.22. The Hall–Kier alpha value is -0.930. The summed E-state index contributed by atoms with van der Waals surface area (Å²) in [6, 6.07) is 3.48. The van der Waals surface area contributed by atoms with E-state index in [1.807, 2.05) is 0 Å². The molecule has 0 aliphatic heterocycles. The first-order chi connectivity index (χ1) is 9.15. The molecule has 0 bridgehead atoms. The number of ether oxygens (including phenoxy) is 2. The Morgan fingerprint density at radius 3 is 2.37 bits per heavy atom. The van der Waals surface area contributed by atoms with Gasteiger partial charge in [0.25, 0.3) is 0 Å². The highest BCUT2D eigenvalue weighted by atomic mass is 35.5. The smallest absolute Gasteiger partial charge is 0.162 e. The fourth-order valence-electron chi connectivity index (χ4n) is 2.81. The zero-order valence-corrected chi connectivity index (χ0v) is 12.2. The third-order valence-corrected chi connectivity index (χ3v) is 4.22. The number of halogens is 1. The van der Waals surface area contributed by atoms with E-state index in [2.05, 4.69) is 0 Å². The lowest BCUT2D eigenvalue weighted by Crippen LogP contribution is -2.05. The van der Waals surface area contributed by atoms with E-state index in [9.17, 15) is 5.11 Å². The van der Waals surface area contributed by atoms with Crippen LogP contribution in [0.4, 0.5) is 0 Å². The molecule has 1 atom stereocenters. The lowest BCUT2D eigenvalue weighted by molar-refractivity contribution is 0.144. The number of aliphatic hydroxyl groups is 1. The number of rotatable bonds is 5. The summed E-state index contributed by atoms with van der Waals surface area (Å²) in [5.41, 5.74) is 0.728. The molecule has 1 aliphatic carbocycles. The van der Waals surface area contributed by atoms with E-state index in [0.29, 0.717) is 22.4 Å². The highest BCUT2D eigenvalue weighted by Gasteiger charge is 2.22. The summed E-state index contributed by atoms with van der Waals surface area (Å²) in [6.45, 7) is 0. The van der Waals surface area contributed by atoms with Gasteiger partial charge in [-0.1, -0.05) is 37.3 Å². The van der Waals surface area contributed by atoms with Gasteiger partial charge in [-0.3, -0.25) is 0 Å². The third-order valence-electron chi connectivity index (χ3n) is 3.89. The molecule has 1 aromatic carbocycles. The Morgan fingerprint density at radius 1 is 1.21 bits per heavy atom. The molecule has 2 rings (SSSR count). The van der Waals surface area contributed by atoms with Gasteiger partial charge in [-0.25, -0.2) is 0 Å². The monoisotopic (exact) mass is 284 g/mol. The van der Waals surface area contributed by atoms with Gasteiger partial charge < -0.3 is 14.6 Å².